The van der Waals surface area contributed by atoms with Crippen molar-refractivity contribution in [2.24, 2.45) is 0 Å². The van der Waals surface area contributed by atoms with Crippen LogP contribution in [0.25, 0.3) is 127 Å². The van der Waals surface area contributed by atoms with Crippen LogP contribution in [-0.2, 0) is 10.8 Å². The van der Waals surface area contributed by atoms with E-state index in [1.54, 1.807) is 0 Å². The summed E-state index contributed by atoms with van der Waals surface area (Å²) in [7, 11) is 0. The van der Waals surface area contributed by atoms with Gasteiger partial charge in [-0.3, -0.25) is 0 Å². The third-order valence-electron chi connectivity index (χ3n) is 16.5. The minimum absolute atomic E-state index is 0.361. The highest BCUT2D eigenvalue weighted by molar-refractivity contribution is 6.23. The summed E-state index contributed by atoms with van der Waals surface area (Å²) < 4.78 is 14.3. The molecule has 10 aromatic carbocycles. The van der Waals surface area contributed by atoms with Crippen molar-refractivity contribution in [1.82, 2.24) is 0 Å². The van der Waals surface area contributed by atoms with Crippen LogP contribution in [0.1, 0.15) is 68.4 Å². The van der Waals surface area contributed by atoms with Crippen LogP contribution in [0, 0.1) is 0 Å². The number of hydrogen-bond donors (Lipinski definition) is 0. The molecule has 2 aromatic heterocycles. The molecule has 70 heavy (non-hydrogen) atoms. The summed E-state index contributed by atoms with van der Waals surface area (Å²) in [5.74, 6) is 0. The molecule has 0 atom stereocenters. The standard InChI is InChI=1S/C68H48O2/c1-67(2)55-38-54(48-34-32-42(40-21-9-6-10-22-40)44-24-12-14-26-46(44)48)65-62(50-28-16-18-30-58(50)69-65)60(55)51-35-36-52-61-56(68(3,4)64(52)63(51)67)37-53(59-49-27-15-17-29-57(49)70-66(59)61)47-33-31-41(39-19-7-5-8-20-39)43-23-11-13-25-45(43)47/h6-7,9-38H,5,8H2,1-4H3. The van der Waals surface area contributed by atoms with Gasteiger partial charge < -0.3 is 8.83 Å². The van der Waals surface area contributed by atoms with E-state index in [1.165, 1.54) is 116 Å². The predicted molar refractivity (Wildman–Crippen MR) is 294 cm³/mol. The number of para-hydroxylation sites is 2. The summed E-state index contributed by atoms with van der Waals surface area (Å²) >= 11 is 0. The second kappa shape index (κ2) is 14.2. The van der Waals surface area contributed by atoms with Crippen molar-refractivity contribution in [3.8, 4) is 55.6 Å². The first-order chi connectivity index (χ1) is 34.3. The molecule has 12 aromatic rings. The lowest BCUT2D eigenvalue weighted by Crippen LogP contribution is -2.24. The number of hydrogen-bond acceptors (Lipinski definition) is 2. The number of rotatable bonds is 4. The lowest BCUT2D eigenvalue weighted by molar-refractivity contribution is 0.601. The van der Waals surface area contributed by atoms with Crippen molar-refractivity contribution in [2.75, 3.05) is 0 Å². The Bertz CT molecular complexity index is 4330. The zero-order chi connectivity index (χ0) is 46.6. The number of benzene rings is 10. The van der Waals surface area contributed by atoms with Gasteiger partial charge >= 0.3 is 0 Å². The highest BCUT2D eigenvalue weighted by Gasteiger charge is 2.48. The van der Waals surface area contributed by atoms with Crippen LogP contribution in [0.4, 0.5) is 0 Å². The Morgan fingerprint density at radius 3 is 1.49 bits per heavy atom. The molecule has 2 nitrogen and oxygen atoms in total. The molecule has 0 N–H and O–H groups in total. The Labute approximate surface area is 406 Å². The van der Waals surface area contributed by atoms with Crippen LogP contribution in [-0.4, -0.2) is 0 Å². The Morgan fingerprint density at radius 2 is 0.843 bits per heavy atom. The smallest absolute Gasteiger partial charge is 0.144 e. The Morgan fingerprint density at radius 1 is 0.371 bits per heavy atom. The molecule has 332 valence electrons. The fraction of sp³-hybridized carbons (Fsp3) is 0.118. The average molecular weight is 897 g/mol. The van der Waals surface area contributed by atoms with E-state index >= 15 is 0 Å². The summed E-state index contributed by atoms with van der Waals surface area (Å²) in [6, 6.07) is 65.0. The largest absolute Gasteiger partial charge is 0.455 e. The maximum Gasteiger partial charge on any atom is 0.144 e. The number of allylic oxidation sites excluding steroid dienone is 4. The van der Waals surface area contributed by atoms with E-state index < -0.39 is 0 Å². The summed E-state index contributed by atoms with van der Waals surface area (Å²) in [5, 5.41) is 9.64. The molecular formula is C68H48O2. The fourth-order valence-electron chi connectivity index (χ4n) is 13.3. The van der Waals surface area contributed by atoms with Crippen LogP contribution in [0.5, 0.6) is 0 Å². The van der Waals surface area contributed by atoms with Crippen molar-refractivity contribution in [2.45, 2.75) is 51.4 Å². The monoisotopic (exact) mass is 896 g/mol. The Kier molecular flexibility index (Phi) is 8.06. The van der Waals surface area contributed by atoms with Gasteiger partial charge in [-0.25, -0.2) is 0 Å². The van der Waals surface area contributed by atoms with Crippen molar-refractivity contribution >= 4 is 71.0 Å². The van der Waals surface area contributed by atoms with Gasteiger partial charge in [0.05, 0.1) is 0 Å². The van der Waals surface area contributed by atoms with E-state index in [0.29, 0.717) is 0 Å². The zero-order valence-corrected chi connectivity index (χ0v) is 39.7. The van der Waals surface area contributed by atoms with Gasteiger partial charge in [0.1, 0.15) is 22.3 Å². The lowest BCUT2D eigenvalue weighted by Gasteiger charge is -2.31. The summed E-state index contributed by atoms with van der Waals surface area (Å²) in [5.41, 5.74) is 23.3. The van der Waals surface area contributed by atoms with E-state index in [4.69, 9.17) is 8.83 Å². The average Bonchev–Trinajstić information content (AvgIpc) is 4.11. The van der Waals surface area contributed by atoms with Crippen molar-refractivity contribution in [1.29, 1.82) is 0 Å². The minimum atomic E-state index is -0.367. The molecule has 2 heteroatoms. The van der Waals surface area contributed by atoms with Gasteiger partial charge in [-0.15, -0.1) is 0 Å². The van der Waals surface area contributed by atoms with Gasteiger partial charge in [0.25, 0.3) is 0 Å². The van der Waals surface area contributed by atoms with Crippen molar-refractivity contribution in [3.63, 3.8) is 0 Å². The molecule has 2 heterocycles. The first kappa shape index (κ1) is 39.8. The lowest BCUT2D eigenvalue weighted by atomic mass is 9.72. The zero-order valence-electron chi connectivity index (χ0n) is 39.7. The van der Waals surface area contributed by atoms with E-state index in [0.717, 1.165) is 51.5 Å². The fourth-order valence-corrected chi connectivity index (χ4v) is 13.3. The maximum atomic E-state index is 7.17. The summed E-state index contributed by atoms with van der Waals surface area (Å²) in [6.45, 7) is 9.82. The molecule has 0 saturated heterocycles. The summed E-state index contributed by atoms with van der Waals surface area (Å²) in [6.07, 6.45) is 9.16. The molecule has 0 unspecified atom stereocenters. The van der Waals surface area contributed by atoms with Gasteiger partial charge in [0.15, 0.2) is 0 Å². The molecule has 3 aliphatic rings. The molecule has 0 aliphatic heterocycles. The highest BCUT2D eigenvalue weighted by atomic mass is 16.3. The molecule has 0 saturated carbocycles. The molecule has 0 bridgehead atoms. The van der Waals surface area contributed by atoms with Crippen LogP contribution in [0.15, 0.2) is 203 Å². The van der Waals surface area contributed by atoms with E-state index in [9.17, 15) is 0 Å². The van der Waals surface area contributed by atoms with Crippen molar-refractivity contribution in [3.05, 3.63) is 222 Å². The second-order valence-electron chi connectivity index (χ2n) is 20.9. The van der Waals surface area contributed by atoms with E-state index in [1.807, 2.05) is 0 Å². The van der Waals surface area contributed by atoms with Gasteiger partial charge in [-0.1, -0.05) is 198 Å². The van der Waals surface area contributed by atoms with E-state index in [-0.39, 0.29) is 10.8 Å². The molecule has 0 radical (unpaired) electrons. The second-order valence-corrected chi connectivity index (χ2v) is 20.9. The first-order valence-electron chi connectivity index (χ1n) is 24.9. The van der Waals surface area contributed by atoms with Gasteiger partial charge in [-0.2, -0.15) is 0 Å². The molecule has 15 rings (SSSR count). The van der Waals surface area contributed by atoms with Gasteiger partial charge in [-0.05, 0) is 137 Å². The first-order valence-corrected chi connectivity index (χ1v) is 24.9. The van der Waals surface area contributed by atoms with Crippen LogP contribution < -0.4 is 0 Å². The van der Waals surface area contributed by atoms with Gasteiger partial charge in [0.2, 0.25) is 0 Å². The molecule has 0 fully saturated rings. The third-order valence-corrected chi connectivity index (χ3v) is 16.5. The number of fused-ring (bicyclic) bond motifs is 17. The Hall–Kier alpha value is -8.20. The molecule has 0 amide bonds. The molecule has 0 spiro atoms. The van der Waals surface area contributed by atoms with E-state index in [2.05, 4.69) is 222 Å². The van der Waals surface area contributed by atoms with Crippen LogP contribution in [0.2, 0.25) is 0 Å². The topological polar surface area (TPSA) is 26.3 Å². The highest BCUT2D eigenvalue weighted by Crippen LogP contribution is 2.63. The SMILES string of the molecule is CC1(C)c2cc(-c3ccc(C4=CCCC=C4)c4ccccc34)c3c(oc4ccccc43)c2-c2ccc3c(c21)C(C)(C)c1cc(-c2ccc(-c4ccccc4)c4ccccc24)c2oc4ccccc4c2c1-3. The Balaban J connectivity index is 0.986. The van der Waals surface area contributed by atoms with Crippen LogP contribution >= 0.6 is 0 Å². The van der Waals surface area contributed by atoms with Crippen LogP contribution in [0.3, 0.4) is 0 Å². The van der Waals surface area contributed by atoms with Gasteiger partial charge in [0, 0.05) is 43.5 Å². The quantitative estimate of drug-likeness (QED) is 0.176. The summed E-state index contributed by atoms with van der Waals surface area (Å²) in [4.78, 5) is 0. The van der Waals surface area contributed by atoms with Crippen molar-refractivity contribution < 1.29 is 8.83 Å². The third kappa shape index (κ3) is 5.23. The molecule has 3 aliphatic carbocycles. The number of furan rings is 2. The maximum absolute atomic E-state index is 7.17. The normalized spacial score (nSPS) is 15.3. The molecular weight excluding hydrogens is 849 g/mol. The predicted octanol–water partition coefficient (Wildman–Crippen LogP) is 19.1. The minimum Gasteiger partial charge on any atom is -0.455 e.